The standard InChI is InChI=1S/C17H10BrN3O3S/c18-8-1-6-12-11(7-8)13(15(23)20-12)14-16(24)21-17(25-14)19-9-2-4-10(22)5-3-9/h1-7,22,24H,(H,19,21). The highest BCUT2D eigenvalue weighted by Crippen LogP contribution is 2.35. The quantitative estimate of drug-likeness (QED) is 0.571. The summed E-state index contributed by atoms with van der Waals surface area (Å²) in [5.74, 6) is -0.468. The minimum absolute atomic E-state index is 0.157. The number of fused-ring (bicyclic) bond motifs is 1. The fourth-order valence-corrected chi connectivity index (χ4v) is 3.79. The molecule has 6 nitrogen and oxygen atoms in total. The Hall–Kier alpha value is -2.71. The van der Waals surface area contributed by atoms with Gasteiger partial charge in [0.05, 0.1) is 10.9 Å². The van der Waals surface area contributed by atoms with E-state index < -0.39 is 5.91 Å². The van der Waals surface area contributed by atoms with Gasteiger partial charge in [0.1, 0.15) is 10.6 Å². The van der Waals surface area contributed by atoms with E-state index >= 15 is 0 Å². The second kappa shape index (κ2) is 5.98. The number of benzene rings is 2. The van der Waals surface area contributed by atoms with Crippen LogP contribution in [-0.2, 0) is 4.79 Å². The number of nitrogens with zero attached hydrogens (tertiary/aromatic N) is 2. The smallest absolute Gasteiger partial charge is 0.279 e. The van der Waals surface area contributed by atoms with Crippen molar-refractivity contribution < 1.29 is 15.0 Å². The second-order valence-corrected chi connectivity index (χ2v) is 7.21. The van der Waals surface area contributed by atoms with Gasteiger partial charge in [0, 0.05) is 15.4 Å². The molecule has 0 unspecified atom stereocenters. The van der Waals surface area contributed by atoms with E-state index in [4.69, 9.17) is 0 Å². The number of aromatic hydroxyl groups is 2. The average molecular weight is 416 g/mol. The largest absolute Gasteiger partial charge is 0.508 e. The molecule has 0 bridgehead atoms. The highest BCUT2D eigenvalue weighted by atomic mass is 79.9. The highest BCUT2D eigenvalue weighted by molar-refractivity contribution is 9.10. The summed E-state index contributed by atoms with van der Waals surface area (Å²) in [6.45, 7) is 0. The number of nitrogens with one attached hydrogen (secondary N) is 1. The first-order valence-electron chi connectivity index (χ1n) is 7.20. The Morgan fingerprint density at radius 3 is 2.60 bits per heavy atom. The van der Waals surface area contributed by atoms with Crippen molar-refractivity contribution in [2.24, 2.45) is 4.99 Å². The number of amides is 1. The van der Waals surface area contributed by atoms with Crippen molar-refractivity contribution in [2.45, 2.75) is 0 Å². The number of hydrogen-bond donors (Lipinski definition) is 3. The molecule has 1 aliphatic heterocycles. The van der Waals surface area contributed by atoms with Crippen LogP contribution in [0.2, 0.25) is 0 Å². The lowest BCUT2D eigenvalue weighted by molar-refractivity contribution is -0.112. The minimum atomic E-state index is -0.400. The fourth-order valence-electron chi connectivity index (χ4n) is 2.50. The Labute approximate surface area is 154 Å². The topological polar surface area (TPSA) is 94.8 Å². The Morgan fingerprint density at radius 2 is 1.84 bits per heavy atom. The molecule has 0 aliphatic carbocycles. The average Bonchev–Trinajstić information content (AvgIpc) is 3.08. The lowest BCUT2D eigenvalue weighted by Crippen LogP contribution is -2.22. The molecule has 0 atom stereocenters. The predicted molar refractivity (Wildman–Crippen MR) is 97.6 cm³/mol. The van der Waals surface area contributed by atoms with Gasteiger partial charge in [-0.3, -0.25) is 4.79 Å². The number of phenols is 1. The molecule has 0 radical (unpaired) electrons. The number of carbonyl (C=O) groups is 1. The zero-order valence-corrected chi connectivity index (χ0v) is 14.9. The summed E-state index contributed by atoms with van der Waals surface area (Å²) >= 11 is 4.55. The van der Waals surface area contributed by atoms with Crippen LogP contribution in [0.25, 0.3) is 5.57 Å². The number of thiazole rings is 1. The molecule has 0 saturated carbocycles. The Morgan fingerprint density at radius 1 is 1.08 bits per heavy atom. The van der Waals surface area contributed by atoms with Crippen molar-refractivity contribution in [3.8, 4) is 11.6 Å². The highest BCUT2D eigenvalue weighted by Gasteiger charge is 2.24. The van der Waals surface area contributed by atoms with Crippen LogP contribution in [0.5, 0.6) is 11.6 Å². The SMILES string of the molecule is O=C1N=c2ccc(Br)cc2=C1c1sc(Nc2ccc(O)cc2)nc1O. The van der Waals surface area contributed by atoms with Gasteiger partial charge >= 0.3 is 0 Å². The van der Waals surface area contributed by atoms with Crippen LogP contribution in [0.1, 0.15) is 4.88 Å². The zero-order chi connectivity index (χ0) is 17.6. The van der Waals surface area contributed by atoms with Crippen LogP contribution >= 0.6 is 27.3 Å². The Bertz CT molecular complexity index is 1120. The lowest BCUT2D eigenvalue weighted by atomic mass is 10.1. The van der Waals surface area contributed by atoms with Crippen molar-refractivity contribution in [1.82, 2.24) is 4.98 Å². The minimum Gasteiger partial charge on any atom is -0.508 e. The number of carbonyl (C=O) groups excluding carboxylic acids is 1. The maximum atomic E-state index is 12.3. The molecule has 2 aromatic carbocycles. The van der Waals surface area contributed by atoms with Crippen LogP contribution in [0.3, 0.4) is 0 Å². The molecule has 0 saturated heterocycles. The van der Waals surface area contributed by atoms with Crippen molar-refractivity contribution in [3.05, 3.63) is 62.4 Å². The third-order valence-electron chi connectivity index (χ3n) is 3.62. The third kappa shape index (κ3) is 2.90. The van der Waals surface area contributed by atoms with Gasteiger partial charge in [0.2, 0.25) is 5.88 Å². The van der Waals surface area contributed by atoms with E-state index in [1.54, 1.807) is 36.4 Å². The summed E-state index contributed by atoms with van der Waals surface area (Å²) in [6, 6.07) is 11.8. The third-order valence-corrected chi connectivity index (χ3v) is 5.09. The van der Waals surface area contributed by atoms with E-state index in [0.29, 0.717) is 31.8 Å². The summed E-state index contributed by atoms with van der Waals surface area (Å²) in [4.78, 5) is 20.8. The summed E-state index contributed by atoms with van der Waals surface area (Å²) in [5.41, 5.74) is 1.04. The van der Waals surface area contributed by atoms with Gasteiger partial charge in [0.15, 0.2) is 5.13 Å². The van der Waals surface area contributed by atoms with Crippen molar-refractivity contribution in [1.29, 1.82) is 0 Å². The van der Waals surface area contributed by atoms with Crippen LogP contribution < -0.4 is 15.9 Å². The number of rotatable bonds is 3. The summed E-state index contributed by atoms with van der Waals surface area (Å²) < 4.78 is 0.820. The molecule has 25 heavy (non-hydrogen) atoms. The normalized spacial score (nSPS) is 12.8. The first kappa shape index (κ1) is 15.8. The van der Waals surface area contributed by atoms with Crippen molar-refractivity contribution in [3.63, 3.8) is 0 Å². The molecular formula is C17H10BrN3O3S. The summed E-state index contributed by atoms with van der Waals surface area (Å²) in [7, 11) is 0. The van der Waals surface area contributed by atoms with Crippen molar-refractivity contribution >= 4 is 49.6 Å². The molecule has 3 N–H and O–H groups in total. The van der Waals surface area contributed by atoms with E-state index in [2.05, 4.69) is 31.2 Å². The molecule has 0 spiro atoms. The molecule has 124 valence electrons. The van der Waals surface area contributed by atoms with Crippen LogP contribution in [0.4, 0.5) is 10.8 Å². The number of halogens is 1. The van der Waals surface area contributed by atoms with Gasteiger partial charge in [0.25, 0.3) is 5.91 Å². The number of hydrogen-bond acceptors (Lipinski definition) is 6. The molecule has 1 aromatic heterocycles. The molecule has 3 aromatic rings. The number of anilines is 2. The van der Waals surface area contributed by atoms with Crippen LogP contribution in [0.15, 0.2) is 51.9 Å². The molecule has 2 heterocycles. The summed E-state index contributed by atoms with van der Waals surface area (Å²) in [6.07, 6.45) is 0. The monoisotopic (exact) mass is 415 g/mol. The van der Waals surface area contributed by atoms with E-state index in [1.165, 1.54) is 0 Å². The number of aromatic nitrogens is 1. The lowest BCUT2D eigenvalue weighted by Gasteiger charge is -2.01. The maximum Gasteiger partial charge on any atom is 0.279 e. The van der Waals surface area contributed by atoms with Gasteiger partial charge in [-0.25, -0.2) is 4.99 Å². The van der Waals surface area contributed by atoms with E-state index in [-0.39, 0.29) is 11.6 Å². The predicted octanol–water partition coefficient (Wildman–Crippen LogP) is 2.42. The first-order chi connectivity index (χ1) is 12.0. The van der Waals surface area contributed by atoms with E-state index in [1.807, 2.05) is 6.07 Å². The number of phenolic OH excluding ortho intramolecular Hbond substituents is 1. The van der Waals surface area contributed by atoms with Gasteiger partial charge in [-0.15, -0.1) is 0 Å². The molecule has 1 aliphatic rings. The zero-order valence-electron chi connectivity index (χ0n) is 12.5. The van der Waals surface area contributed by atoms with Gasteiger partial charge < -0.3 is 15.5 Å². The molecule has 4 rings (SSSR count). The molecule has 8 heteroatoms. The van der Waals surface area contributed by atoms with Crippen LogP contribution in [0, 0.1) is 0 Å². The van der Waals surface area contributed by atoms with Gasteiger partial charge in [-0.1, -0.05) is 27.3 Å². The van der Waals surface area contributed by atoms with Gasteiger partial charge in [-0.05, 0) is 42.5 Å². The van der Waals surface area contributed by atoms with E-state index in [9.17, 15) is 15.0 Å². The first-order valence-corrected chi connectivity index (χ1v) is 8.81. The molecular weight excluding hydrogens is 406 g/mol. The second-order valence-electron chi connectivity index (χ2n) is 5.30. The maximum absolute atomic E-state index is 12.3. The molecule has 1 amide bonds. The van der Waals surface area contributed by atoms with Crippen LogP contribution in [-0.4, -0.2) is 21.1 Å². The van der Waals surface area contributed by atoms with Crippen molar-refractivity contribution in [2.75, 3.05) is 5.32 Å². The van der Waals surface area contributed by atoms with E-state index in [0.717, 1.165) is 15.8 Å². The Kier molecular flexibility index (Phi) is 3.78. The fraction of sp³-hybridized carbons (Fsp3) is 0. The summed E-state index contributed by atoms with van der Waals surface area (Å²) in [5, 5.41) is 24.2. The van der Waals surface area contributed by atoms with Gasteiger partial charge in [-0.2, -0.15) is 4.98 Å². The Balaban J connectivity index is 1.78. The molecule has 0 fully saturated rings.